The molecule has 0 fully saturated rings. The van der Waals surface area contributed by atoms with Crippen molar-refractivity contribution in [3.05, 3.63) is 45.5 Å². The molecule has 0 radical (unpaired) electrons. The number of rotatable bonds is 5. The Morgan fingerprint density at radius 3 is 2.58 bits per heavy atom. The van der Waals surface area contributed by atoms with Crippen molar-refractivity contribution in [3.63, 3.8) is 0 Å². The number of hydrogen-bond donors (Lipinski definition) is 1. The Hall–Kier alpha value is -1.10. The normalized spacial score (nSPS) is 12.6. The third-order valence-corrected chi connectivity index (χ3v) is 3.72. The van der Waals surface area contributed by atoms with E-state index in [1.165, 1.54) is 0 Å². The van der Waals surface area contributed by atoms with E-state index in [2.05, 4.69) is 10.1 Å². The van der Waals surface area contributed by atoms with Gasteiger partial charge in [-0.05, 0) is 24.1 Å². The number of nitrogens with zero attached hydrogens (tertiary/aromatic N) is 2. The lowest BCUT2D eigenvalue weighted by atomic mass is 10.1. The first-order valence-corrected chi connectivity index (χ1v) is 6.86. The maximum atomic E-state index is 6.11. The van der Waals surface area contributed by atoms with Crippen LogP contribution in [0.2, 0.25) is 10.0 Å². The van der Waals surface area contributed by atoms with E-state index in [9.17, 15) is 0 Å². The van der Waals surface area contributed by atoms with Crippen molar-refractivity contribution in [2.24, 2.45) is 5.73 Å². The summed E-state index contributed by atoms with van der Waals surface area (Å²) in [5.41, 5.74) is 6.46. The molecule has 0 bridgehead atoms. The van der Waals surface area contributed by atoms with Gasteiger partial charge in [-0.25, -0.2) is 0 Å². The smallest absolute Gasteiger partial charge is 0.231 e. The Bertz CT molecular complexity index is 532. The van der Waals surface area contributed by atoms with E-state index < -0.39 is 0 Å². The molecule has 1 aromatic heterocycles. The zero-order valence-electron chi connectivity index (χ0n) is 10.6. The van der Waals surface area contributed by atoms with Gasteiger partial charge in [-0.2, -0.15) is 4.98 Å². The summed E-state index contributed by atoms with van der Waals surface area (Å²) in [6, 6.07) is 5.38. The maximum Gasteiger partial charge on any atom is 0.231 e. The summed E-state index contributed by atoms with van der Waals surface area (Å²) in [4.78, 5) is 4.35. The molecular formula is C13H15Cl2N3O. The molecule has 4 nitrogen and oxygen atoms in total. The summed E-state index contributed by atoms with van der Waals surface area (Å²) in [7, 11) is 0. The van der Waals surface area contributed by atoms with Crippen molar-refractivity contribution in [2.75, 3.05) is 6.54 Å². The van der Waals surface area contributed by atoms with Crippen LogP contribution < -0.4 is 5.73 Å². The molecule has 2 rings (SSSR count). The molecule has 1 aromatic carbocycles. The van der Waals surface area contributed by atoms with Crippen LogP contribution in [0.5, 0.6) is 0 Å². The molecule has 0 aliphatic heterocycles. The molecule has 2 N–H and O–H groups in total. The van der Waals surface area contributed by atoms with Crippen molar-refractivity contribution in [1.82, 2.24) is 10.1 Å². The zero-order valence-corrected chi connectivity index (χ0v) is 12.1. The van der Waals surface area contributed by atoms with Crippen LogP contribution in [0, 0.1) is 0 Å². The fraction of sp³-hybridized carbons (Fsp3) is 0.385. The Morgan fingerprint density at radius 2 is 2.00 bits per heavy atom. The topological polar surface area (TPSA) is 64.9 Å². The second-order valence-corrected chi connectivity index (χ2v) is 5.08. The number of hydrogen-bond acceptors (Lipinski definition) is 4. The van der Waals surface area contributed by atoms with Crippen molar-refractivity contribution >= 4 is 23.2 Å². The maximum absolute atomic E-state index is 6.11. The van der Waals surface area contributed by atoms with Gasteiger partial charge in [0, 0.05) is 23.0 Å². The Morgan fingerprint density at radius 1 is 1.32 bits per heavy atom. The second kappa shape index (κ2) is 6.37. The van der Waals surface area contributed by atoms with E-state index in [1.54, 1.807) is 18.2 Å². The van der Waals surface area contributed by atoms with Gasteiger partial charge in [0.2, 0.25) is 5.89 Å². The standard InChI is InChI=1S/C13H15Cl2N3O/c1-2-8(7-16)13-17-12(18-19-13)6-9-10(14)4-3-5-11(9)15/h3-5,8H,2,6-7,16H2,1H3. The molecule has 1 heterocycles. The van der Waals surface area contributed by atoms with E-state index in [4.69, 9.17) is 33.5 Å². The van der Waals surface area contributed by atoms with Crippen molar-refractivity contribution in [1.29, 1.82) is 0 Å². The molecule has 0 saturated carbocycles. The van der Waals surface area contributed by atoms with Crippen LogP contribution in [-0.4, -0.2) is 16.7 Å². The molecule has 0 aliphatic rings. The molecule has 0 amide bonds. The summed E-state index contributed by atoms with van der Waals surface area (Å²) in [6.45, 7) is 2.53. The highest BCUT2D eigenvalue weighted by Crippen LogP contribution is 2.26. The van der Waals surface area contributed by atoms with Gasteiger partial charge in [-0.3, -0.25) is 0 Å². The van der Waals surface area contributed by atoms with Crippen LogP contribution >= 0.6 is 23.2 Å². The minimum atomic E-state index is 0.1000. The summed E-state index contributed by atoms with van der Waals surface area (Å²) in [6.07, 6.45) is 1.31. The Balaban J connectivity index is 2.20. The molecule has 0 spiro atoms. The lowest BCUT2D eigenvalue weighted by molar-refractivity contribution is 0.348. The third-order valence-electron chi connectivity index (χ3n) is 3.01. The van der Waals surface area contributed by atoms with E-state index in [0.29, 0.717) is 34.7 Å². The first-order chi connectivity index (χ1) is 9.15. The third kappa shape index (κ3) is 3.26. The SMILES string of the molecule is CCC(CN)c1nc(Cc2c(Cl)cccc2Cl)no1. The second-order valence-electron chi connectivity index (χ2n) is 4.27. The highest BCUT2D eigenvalue weighted by molar-refractivity contribution is 6.36. The van der Waals surface area contributed by atoms with Crippen LogP contribution in [0.25, 0.3) is 0 Å². The molecular weight excluding hydrogens is 285 g/mol. The van der Waals surface area contributed by atoms with Crippen LogP contribution in [0.1, 0.15) is 36.5 Å². The number of nitrogens with two attached hydrogens (primary N) is 1. The van der Waals surface area contributed by atoms with Gasteiger partial charge in [0.25, 0.3) is 0 Å². The average Bonchev–Trinajstić information content (AvgIpc) is 2.84. The first-order valence-electron chi connectivity index (χ1n) is 6.11. The molecule has 1 unspecified atom stereocenters. The van der Waals surface area contributed by atoms with E-state index >= 15 is 0 Å². The van der Waals surface area contributed by atoms with Gasteiger partial charge >= 0.3 is 0 Å². The van der Waals surface area contributed by atoms with Crippen molar-refractivity contribution in [2.45, 2.75) is 25.7 Å². The lowest BCUT2D eigenvalue weighted by Gasteiger charge is -2.05. The van der Waals surface area contributed by atoms with E-state index in [1.807, 2.05) is 6.92 Å². The fourth-order valence-electron chi connectivity index (χ4n) is 1.81. The summed E-state index contributed by atoms with van der Waals surface area (Å²) in [5, 5.41) is 5.15. The summed E-state index contributed by atoms with van der Waals surface area (Å²) < 4.78 is 5.23. The van der Waals surface area contributed by atoms with Crippen molar-refractivity contribution < 1.29 is 4.52 Å². The largest absolute Gasteiger partial charge is 0.339 e. The van der Waals surface area contributed by atoms with Crippen LogP contribution in [-0.2, 0) is 6.42 Å². The van der Waals surface area contributed by atoms with Gasteiger partial charge in [-0.1, -0.05) is 41.3 Å². The minimum absolute atomic E-state index is 0.1000. The first kappa shape index (κ1) is 14.3. The minimum Gasteiger partial charge on any atom is -0.339 e. The van der Waals surface area contributed by atoms with E-state index in [-0.39, 0.29) is 5.92 Å². The number of aromatic nitrogens is 2. The monoisotopic (exact) mass is 299 g/mol. The van der Waals surface area contributed by atoms with Gasteiger partial charge < -0.3 is 10.3 Å². The molecule has 0 aliphatic carbocycles. The predicted octanol–water partition coefficient (Wildman–Crippen LogP) is 3.42. The Labute approximate surface area is 121 Å². The van der Waals surface area contributed by atoms with E-state index in [0.717, 1.165) is 12.0 Å². The average molecular weight is 300 g/mol. The van der Waals surface area contributed by atoms with Gasteiger partial charge in [0.05, 0.1) is 5.92 Å². The molecule has 102 valence electrons. The highest BCUT2D eigenvalue weighted by Gasteiger charge is 2.17. The predicted molar refractivity (Wildman–Crippen MR) is 75.7 cm³/mol. The van der Waals surface area contributed by atoms with Crippen LogP contribution in [0.4, 0.5) is 0 Å². The fourth-order valence-corrected chi connectivity index (χ4v) is 2.34. The molecule has 1 atom stereocenters. The van der Waals surface area contributed by atoms with Gasteiger partial charge in [-0.15, -0.1) is 0 Å². The lowest BCUT2D eigenvalue weighted by Crippen LogP contribution is -2.11. The number of halogens is 2. The van der Waals surface area contributed by atoms with Crippen LogP contribution in [0.15, 0.2) is 22.7 Å². The zero-order chi connectivity index (χ0) is 13.8. The van der Waals surface area contributed by atoms with Crippen LogP contribution in [0.3, 0.4) is 0 Å². The molecule has 19 heavy (non-hydrogen) atoms. The summed E-state index contributed by atoms with van der Waals surface area (Å²) >= 11 is 12.2. The quantitative estimate of drug-likeness (QED) is 0.919. The van der Waals surface area contributed by atoms with Crippen molar-refractivity contribution in [3.8, 4) is 0 Å². The molecule has 0 saturated heterocycles. The summed E-state index contributed by atoms with van der Waals surface area (Å²) in [5.74, 6) is 1.24. The molecule has 2 aromatic rings. The number of benzene rings is 1. The Kier molecular flexibility index (Phi) is 4.80. The molecule has 6 heteroatoms. The van der Waals surface area contributed by atoms with Gasteiger partial charge in [0.1, 0.15) is 0 Å². The highest BCUT2D eigenvalue weighted by atomic mass is 35.5. The van der Waals surface area contributed by atoms with Gasteiger partial charge in [0.15, 0.2) is 5.82 Å².